The van der Waals surface area contributed by atoms with Crippen molar-refractivity contribution < 1.29 is 13.3 Å². The molecule has 3 aromatic rings. The molecule has 9 heteroatoms. The maximum Gasteiger partial charge on any atom is 0.264 e. The molecule has 39 heavy (non-hydrogen) atoms. The van der Waals surface area contributed by atoms with Gasteiger partial charge >= 0.3 is 0 Å². The number of anilines is 2. The normalized spacial score (nSPS) is 14.2. The standard InChI is InChI=1S/C22H23F3N6.C6H14.C2H6/c1-3-29-8-6-19-18(13-29)22(27-31(19)25)30-7-4-5-14-9-16(15-11-26-28(2)12-15)17(21(23)24)10-20(14)30;1-3-5-6-4-2;1-2/h3,9-12,21H,1,4-8,13H2,2H3;3-6H2,1-2H3;1-2H3. The lowest BCUT2D eigenvalue weighted by Gasteiger charge is -2.33. The monoisotopic (exact) mass is 544 g/mol. The number of hydrogen-bond donors (Lipinski definition) is 0. The van der Waals surface area contributed by atoms with Crippen LogP contribution in [0.25, 0.3) is 11.1 Å². The second-order valence-corrected chi connectivity index (χ2v) is 9.75. The second-order valence-electron chi connectivity index (χ2n) is 9.75. The van der Waals surface area contributed by atoms with Gasteiger partial charge in [0.05, 0.1) is 11.9 Å². The van der Waals surface area contributed by atoms with Crippen LogP contribution in [0, 0.1) is 0 Å². The first-order valence-electron chi connectivity index (χ1n) is 14.2. The van der Waals surface area contributed by atoms with Gasteiger partial charge in [0, 0.05) is 61.7 Å². The first kappa shape index (κ1) is 30.3. The molecule has 0 bridgehead atoms. The number of nitrogens with zero attached hydrogens (tertiary/aromatic N) is 6. The van der Waals surface area contributed by atoms with E-state index in [1.165, 1.54) is 25.7 Å². The van der Waals surface area contributed by atoms with Crippen molar-refractivity contribution >= 4 is 11.5 Å². The molecule has 0 N–H and O–H groups in total. The number of aromatic nitrogens is 4. The van der Waals surface area contributed by atoms with Crippen LogP contribution in [0.2, 0.25) is 0 Å². The summed E-state index contributed by atoms with van der Waals surface area (Å²) in [7, 11) is 1.76. The van der Waals surface area contributed by atoms with Gasteiger partial charge in [-0.2, -0.15) is 5.10 Å². The zero-order chi connectivity index (χ0) is 28.5. The number of rotatable bonds is 7. The predicted octanol–water partition coefficient (Wildman–Crippen LogP) is 8.15. The van der Waals surface area contributed by atoms with Crippen LogP contribution in [-0.2, 0) is 26.4 Å². The van der Waals surface area contributed by atoms with Gasteiger partial charge < -0.3 is 9.80 Å². The van der Waals surface area contributed by atoms with E-state index in [2.05, 4.69) is 30.6 Å². The number of unbranched alkanes of at least 4 members (excludes halogenated alkanes) is 3. The molecule has 0 fully saturated rings. The number of halogens is 3. The zero-order valence-corrected chi connectivity index (χ0v) is 24.1. The molecule has 0 atom stereocenters. The third-order valence-corrected chi connectivity index (χ3v) is 7.11. The van der Waals surface area contributed by atoms with Crippen molar-refractivity contribution in [2.24, 2.45) is 7.05 Å². The van der Waals surface area contributed by atoms with Gasteiger partial charge in [-0.25, -0.2) is 8.78 Å². The molecule has 1 aromatic carbocycles. The zero-order valence-electron chi connectivity index (χ0n) is 24.1. The third-order valence-electron chi connectivity index (χ3n) is 7.11. The van der Waals surface area contributed by atoms with Crippen molar-refractivity contribution in [3.05, 3.63) is 59.7 Å². The van der Waals surface area contributed by atoms with Crippen LogP contribution in [-0.4, -0.2) is 37.8 Å². The molecule has 0 saturated carbocycles. The SMILES string of the molecule is C=CN1CCc2c(c(N3CCCc4cc(-c5cnn(C)c5)c(C(F)F)cc43)nn2F)C1.CC.CCCCCC. The van der Waals surface area contributed by atoms with E-state index in [-0.39, 0.29) is 5.56 Å². The Kier molecular flexibility index (Phi) is 11.1. The molecule has 0 saturated heterocycles. The number of hydrogen-bond acceptors (Lipinski definition) is 4. The molecule has 214 valence electrons. The van der Waals surface area contributed by atoms with Crippen molar-refractivity contribution in [1.82, 2.24) is 24.7 Å². The Morgan fingerprint density at radius 3 is 2.38 bits per heavy atom. The van der Waals surface area contributed by atoms with Crippen LogP contribution < -0.4 is 4.90 Å². The summed E-state index contributed by atoms with van der Waals surface area (Å²) < 4.78 is 44.3. The van der Waals surface area contributed by atoms with Crippen LogP contribution in [0.15, 0.2) is 37.3 Å². The summed E-state index contributed by atoms with van der Waals surface area (Å²) in [6.45, 7) is 14.0. The Balaban J connectivity index is 0.000000467. The Morgan fingerprint density at radius 1 is 1.08 bits per heavy atom. The molecular formula is C30H43F3N6. The van der Waals surface area contributed by atoms with Gasteiger partial charge in [-0.15, -0.1) is 5.10 Å². The lowest BCUT2D eigenvalue weighted by molar-refractivity contribution is 0.152. The maximum atomic E-state index is 14.6. The minimum Gasteiger partial charge on any atom is -0.373 e. The largest absolute Gasteiger partial charge is 0.373 e. The molecule has 0 unspecified atom stereocenters. The van der Waals surface area contributed by atoms with Crippen molar-refractivity contribution in [3.8, 4) is 11.1 Å². The highest BCUT2D eigenvalue weighted by Crippen LogP contribution is 2.42. The Hall–Kier alpha value is -3.23. The molecule has 2 aromatic heterocycles. The van der Waals surface area contributed by atoms with E-state index in [0.717, 1.165) is 24.0 Å². The van der Waals surface area contributed by atoms with Crippen molar-refractivity contribution in [2.75, 3.05) is 18.0 Å². The minimum atomic E-state index is -2.65. The topological polar surface area (TPSA) is 42.1 Å². The lowest BCUT2D eigenvalue weighted by atomic mass is 9.93. The van der Waals surface area contributed by atoms with Crippen LogP contribution in [0.1, 0.15) is 88.6 Å². The summed E-state index contributed by atoms with van der Waals surface area (Å²) in [5.74, 6) is 0.499. The van der Waals surface area contributed by atoms with Crippen LogP contribution in [0.4, 0.5) is 24.8 Å². The fraction of sp³-hybridized carbons (Fsp3) is 0.533. The van der Waals surface area contributed by atoms with Gasteiger partial charge in [0.2, 0.25) is 0 Å². The average molecular weight is 545 g/mol. The highest BCUT2D eigenvalue weighted by atomic mass is 19.3. The van der Waals surface area contributed by atoms with Crippen molar-refractivity contribution in [2.45, 2.75) is 85.6 Å². The molecule has 5 rings (SSSR count). The molecule has 6 nitrogen and oxygen atoms in total. The summed E-state index contributed by atoms with van der Waals surface area (Å²) >= 11 is 0. The Morgan fingerprint density at radius 2 is 1.79 bits per heavy atom. The van der Waals surface area contributed by atoms with Crippen molar-refractivity contribution in [3.63, 3.8) is 0 Å². The third kappa shape index (κ3) is 6.86. The van der Waals surface area contributed by atoms with Crippen LogP contribution in [0.3, 0.4) is 0 Å². The summed E-state index contributed by atoms with van der Waals surface area (Å²) in [5, 5.41) is 8.28. The molecule has 0 aliphatic carbocycles. The fourth-order valence-corrected chi connectivity index (χ4v) is 5.11. The van der Waals surface area contributed by atoms with E-state index in [0.29, 0.717) is 59.3 Å². The van der Waals surface area contributed by atoms with Crippen LogP contribution in [0.5, 0.6) is 0 Å². The van der Waals surface area contributed by atoms with E-state index in [1.54, 1.807) is 36.4 Å². The number of fused-ring (bicyclic) bond motifs is 2. The molecule has 0 radical (unpaired) electrons. The molecule has 2 aliphatic heterocycles. The second kappa shape index (κ2) is 14.2. The van der Waals surface area contributed by atoms with E-state index in [4.69, 9.17) is 0 Å². The molecule has 4 heterocycles. The van der Waals surface area contributed by atoms with E-state index < -0.39 is 6.43 Å². The predicted molar refractivity (Wildman–Crippen MR) is 153 cm³/mol. The molecule has 0 amide bonds. The Labute approximate surface area is 231 Å². The van der Waals surface area contributed by atoms with Crippen molar-refractivity contribution in [1.29, 1.82) is 0 Å². The quantitative estimate of drug-likeness (QED) is 0.282. The highest BCUT2D eigenvalue weighted by molar-refractivity contribution is 5.76. The lowest BCUT2D eigenvalue weighted by Crippen LogP contribution is -2.29. The van der Waals surface area contributed by atoms with E-state index in [9.17, 15) is 13.3 Å². The average Bonchev–Trinajstić information content (AvgIpc) is 3.54. The van der Waals surface area contributed by atoms with Gasteiger partial charge in [-0.3, -0.25) is 4.68 Å². The first-order chi connectivity index (χ1) is 18.9. The maximum absolute atomic E-state index is 14.6. The fourth-order valence-electron chi connectivity index (χ4n) is 5.11. The molecule has 0 spiro atoms. The molecular weight excluding hydrogens is 501 g/mol. The van der Waals surface area contributed by atoms with Gasteiger partial charge in [-0.05, 0) is 42.3 Å². The van der Waals surface area contributed by atoms with Gasteiger partial charge in [0.1, 0.15) is 0 Å². The van der Waals surface area contributed by atoms with E-state index >= 15 is 0 Å². The first-order valence-corrected chi connectivity index (χ1v) is 14.2. The van der Waals surface area contributed by atoms with Crippen LogP contribution >= 0.6 is 0 Å². The van der Waals surface area contributed by atoms with Gasteiger partial charge in [0.15, 0.2) is 5.82 Å². The minimum absolute atomic E-state index is 0.0556. The van der Waals surface area contributed by atoms with Gasteiger partial charge in [0.25, 0.3) is 6.43 Å². The number of alkyl halides is 2. The number of aryl methyl sites for hydroxylation is 2. The smallest absolute Gasteiger partial charge is 0.264 e. The molecule has 2 aliphatic rings. The summed E-state index contributed by atoms with van der Waals surface area (Å²) in [4.78, 5) is 4.34. The summed E-state index contributed by atoms with van der Waals surface area (Å²) in [6.07, 6.45) is 10.1. The number of benzene rings is 1. The van der Waals surface area contributed by atoms with Gasteiger partial charge in [-0.1, -0.05) is 69.3 Å². The van der Waals surface area contributed by atoms with E-state index in [1.807, 2.05) is 29.7 Å². The Bertz CT molecular complexity index is 1210. The summed E-state index contributed by atoms with van der Waals surface area (Å²) in [6, 6.07) is 3.37. The highest BCUT2D eigenvalue weighted by Gasteiger charge is 2.31. The summed E-state index contributed by atoms with van der Waals surface area (Å²) in [5.41, 5.74) is 4.04.